The van der Waals surface area contributed by atoms with E-state index in [4.69, 9.17) is 19.1 Å². The van der Waals surface area contributed by atoms with Crippen LogP contribution in [0.5, 0.6) is 5.75 Å². The highest BCUT2D eigenvalue weighted by Gasteiger charge is 2.23. The number of methoxy groups -OCH3 is 1. The molecule has 0 aliphatic heterocycles. The standard InChI is InChI=1S/C19H26N2O5/c1-19(2,3)25-18(23)20-16(17-12-15(9-10-22)26-21-17)11-13-5-7-14(24-4)8-6-13/h5-8,12,16,22H,9-11H2,1-4H3,(H,20,23)/t16-/m0/s1. The molecule has 1 aromatic heterocycles. The van der Waals surface area contributed by atoms with Crippen LogP contribution in [0.25, 0.3) is 0 Å². The average Bonchev–Trinajstić information content (AvgIpc) is 3.02. The van der Waals surface area contributed by atoms with Crippen molar-refractivity contribution in [1.82, 2.24) is 10.5 Å². The Labute approximate surface area is 153 Å². The van der Waals surface area contributed by atoms with E-state index in [1.165, 1.54) is 0 Å². The second-order valence-electron chi connectivity index (χ2n) is 6.94. The zero-order valence-electron chi connectivity index (χ0n) is 15.6. The van der Waals surface area contributed by atoms with Gasteiger partial charge in [0.15, 0.2) is 0 Å². The summed E-state index contributed by atoms with van der Waals surface area (Å²) in [6, 6.07) is 8.89. The molecule has 142 valence electrons. The number of amides is 1. The maximum absolute atomic E-state index is 12.2. The molecule has 0 aliphatic carbocycles. The van der Waals surface area contributed by atoms with E-state index in [0.717, 1.165) is 11.3 Å². The van der Waals surface area contributed by atoms with E-state index in [-0.39, 0.29) is 6.61 Å². The number of aliphatic hydroxyl groups is 1. The van der Waals surface area contributed by atoms with Crippen LogP contribution in [0.4, 0.5) is 4.79 Å². The van der Waals surface area contributed by atoms with Crippen molar-refractivity contribution in [2.45, 2.75) is 45.3 Å². The quantitative estimate of drug-likeness (QED) is 0.786. The van der Waals surface area contributed by atoms with Crippen molar-refractivity contribution in [3.05, 3.63) is 47.3 Å². The molecule has 2 N–H and O–H groups in total. The first-order chi connectivity index (χ1) is 12.3. The fourth-order valence-corrected chi connectivity index (χ4v) is 2.40. The number of aromatic nitrogens is 1. The lowest BCUT2D eigenvalue weighted by atomic mass is 10.0. The summed E-state index contributed by atoms with van der Waals surface area (Å²) in [5, 5.41) is 15.9. The number of alkyl carbamates (subject to hydrolysis) is 1. The highest BCUT2D eigenvalue weighted by atomic mass is 16.6. The molecule has 0 fully saturated rings. The van der Waals surface area contributed by atoms with E-state index in [9.17, 15) is 4.79 Å². The van der Waals surface area contributed by atoms with Gasteiger partial charge in [-0.1, -0.05) is 17.3 Å². The summed E-state index contributed by atoms with van der Waals surface area (Å²) in [5.41, 5.74) is 0.981. The van der Waals surface area contributed by atoms with Crippen LogP contribution in [0.15, 0.2) is 34.9 Å². The van der Waals surface area contributed by atoms with Crippen molar-refractivity contribution in [3.63, 3.8) is 0 Å². The minimum absolute atomic E-state index is 0.0305. The highest BCUT2D eigenvalue weighted by molar-refractivity contribution is 5.68. The van der Waals surface area contributed by atoms with Crippen LogP contribution in [0.2, 0.25) is 0 Å². The molecule has 0 unspecified atom stereocenters. The number of aliphatic hydroxyl groups excluding tert-OH is 1. The molecule has 2 rings (SSSR count). The number of ether oxygens (including phenoxy) is 2. The van der Waals surface area contributed by atoms with Crippen LogP contribution in [-0.4, -0.2) is 35.7 Å². The number of rotatable bonds is 7. The summed E-state index contributed by atoms with van der Waals surface area (Å²) < 4.78 is 15.7. The number of benzene rings is 1. The van der Waals surface area contributed by atoms with Crippen LogP contribution < -0.4 is 10.1 Å². The molecular formula is C19H26N2O5. The monoisotopic (exact) mass is 362 g/mol. The van der Waals surface area contributed by atoms with Gasteiger partial charge in [-0.25, -0.2) is 4.79 Å². The van der Waals surface area contributed by atoms with Gasteiger partial charge in [-0.3, -0.25) is 0 Å². The molecule has 7 heteroatoms. The molecule has 1 heterocycles. The number of carbonyl (C=O) groups is 1. The molecule has 0 saturated carbocycles. The van der Waals surface area contributed by atoms with Gasteiger partial charge in [-0.05, 0) is 44.9 Å². The summed E-state index contributed by atoms with van der Waals surface area (Å²) in [4.78, 5) is 12.2. The van der Waals surface area contributed by atoms with Gasteiger partial charge in [0.05, 0.1) is 19.8 Å². The minimum Gasteiger partial charge on any atom is -0.497 e. The third kappa shape index (κ3) is 6.07. The normalized spacial score (nSPS) is 12.5. The van der Waals surface area contributed by atoms with Gasteiger partial charge in [-0.15, -0.1) is 0 Å². The molecule has 7 nitrogen and oxygen atoms in total. The summed E-state index contributed by atoms with van der Waals surface area (Å²) in [6.07, 6.45) is 0.353. The SMILES string of the molecule is COc1ccc(C[C@H](NC(=O)OC(C)(C)C)c2cc(CCO)on2)cc1. The third-order valence-corrected chi connectivity index (χ3v) is 3.58. The summed E-state index contributed by atoms with van der Waals surface area (Å²) in [6.45, 7) is 5.39. The maximum atomic E-state index is 12.2. The molecule has 1 atom stereocenters. The van der Waals surface area contributed by atoms with E-state index >= 15 is 0 Å². The minimum atomic E-state index is -0.597. The molecule has 26 heavy (non-hydrogen) atoms. The average molecular weight is 362 g/mol. The highest BCUT2D eigenvalue weighted by Crippen LogP contribution is 2.21. The molecule has 1 amide bonds. The zero-order chi connectivity index (χ0) is 19.2. The fourth-order valence-electron chi connectivity index (χ4n) is 2.40. The number of hydrogen-bond donors (Lipinski definition) is 2. The number of nitrogens with one attached hydrogen (secondary N) is 1. The Balaban J connectivity index is 2.17. The van der Waals surface area contributed by atoms with Crippen molar-refractivity contribution in [1.29, 1.82) is 0 Å². The predicted octanol–water partition coefficient (Wildman–Crippen LogP) is 3.03. The fraction of sp³-hybridized carbons (Fsp3) is 0.474. The zero-order valence-corrected chi connectivity index (χ0v) is 15.6. The first-order valence-electron chi connectivity index (χ1n) is 8.49. The Bertz CT molecular complexity index is 703. The Morgan fingerprint density at radius 3 is 2.58 bits per heavy atom. The van der Waals surface area contributed by atoms with Crippen molar-refractivity contribution in [2.24, 2.45) is 0 Å². The number of nitrogens with zero attached hydrogens (tertiary/aromatic N) is 1. The van der Waals surface area contributed by atoms with Crippen LogP contribution in [0.1, 0.15) is 43.8 Å². The van der Waals surface area contributed by atoms with Gasteiger partial charge in [-0.2, -0.15) is 0 Å². The van der Waals surface area contributed by atoms with Gasteiger partial charge in [0.1, 0.15) is 22.8 Å². The molecule has 0 spiro atoms. The smallest absolute Gasteiger partial charge is 0.408 e. The Morgan fingerprint density at radius 1 is 1.31 bits per heavy atom. The molecule has 0 radical (unpaired) electrons. The molecule has 0 bridgehead atoms. The van der Waals surface area contributed by atoms with Crippen molar-refractivity contribution >= 4 is 6.09 Å². The van der Waals surface area contributed by atoms with Gasteiger partial charge in [0.2, 0.25) is 0 Å². The van der Waals surface area contributed by atoms with Crippen molar-refractivity contribution < 1.29 is 23.9 Å². The molecular weight excluding hydrogens is 336 g/mol. The molecule has 0 saturated heterocycles. The molecule has 1 aromatic carbocycles. The van der Waals surface area contributed by atoms with E-state index < -0.39 is 17.7 Å². The van der Waals surface area contributed by atoms with Gasteiger partial charge >= 0.3 is 6.09 Å². The molecule has 2 aromatic rings. The van der Waals surface area contributed by atoms with Gasteiger partial charge < -0.3 is 24.4 Å². The predicted molar refractivity (Wildman–Crippen MR) is 96.1 cm³/mol. The summed E-state index contributed by atoms with van der Waals surface area (Å²) >= 11 is 0. The first-order valence-corrected chi connectivity index (χ1v) is 8.49. The van der Waals surface area contributed by atoms with Crippen molar-refractivity contribution in [2.75, 3.05) is 13.7 Å². The summed E-state index contributed by atoms with van der Waals surface area (Å²) in [7, 11) is 1.61. The van der Waals surface area contributed by atoms with Gasteiger partial charge in [0.25, 0.3) is 0 Å². The second-order valence-corrected chi connectivity index (χ2v) is 6.94. The van der Waals surface area contributed by atoms with Gasteiger partial charge in [0, 0.05) is 12.5 Å². The van der Waals surface area contributed by atoms with E-state index in [1.54, 1.807) is 33.9 Å². The largest absolute Gasteiger partial charge is 0.497 e. The number of hydrogen-bond acceptors (Lipinski definition) is 6. The first kappa shape index (κ1) is 19.8. The third-order valence-electron chi connectivity index (χ3n) is 3.58. The maximum Gasteiger partial charge on any atom is 0.408 e. The lowest BCUT2D eigenvalue weighted by Gasteiger charge is -2.23. The molecule has 0 aliphatic rings. The number of carbonyl (C=O) groups excluding carboxylic acids is 1. The van der Waals surface area contributed by atoms with Crippen LogP contribution in [-0.2, 0) is 17.6 Å². The lowest BCUT2D eigenvalue weighted by Crippen LogP contribution is -2.35. The van der Waals surface area contributed by atoms with Crippen LogP contribution in [0, 0.1) is 0 Å². The Kier molecular flexibility index (Phi) is 6.63. The van der Waals surface area contributed by atoms with E-state index in [2.05, 4.69) is 10.5 Å². The summed E-state index contributed by atoms with van der Waals surface area (Å²) in [5.74, 6) is 1.32. The van der Waals surface area contributed by atoms with Crippen LogP contribution >= 0.6 is 0 Å². The van der Waals surface area contributed by atoms with Crippen LogP contribution in [0.3, 0.4) is 0 Å². The van der Waals surface area contributed by atoms with E-state index in [0.29, 0.717) is 24.3 Å². The van der Waals surface area contributed by atoms with Crippen molar-refractivity contribution in [3.8, 4) is 5.75 Å². The topological polar surface area (TPSA) is 93.8 Å². The lowest BCUT2D eigenvalue weighted by molar-refractivity contribution is 0.0501. The second kappa shape index (κ2) is 8.71. The van der Waals surface area contributed by atoms with E-state index in [1.807, 2.05) is 24.3 Å². The Morgan fingerprint density at radius 2 is 2.00 bits per heavy atom. The Hall–Kier alpha value is -2.54.